The molecule has 0 saturated carbocycles. The third kappa shape index (κ3) is 7.34. The fraction of sp³-hybridized carbons (Fsp3) is 0.812. The maximum atomic E-state index is 11.9. The Kier molecular flexibility index (Phi) is 10.3. The average molecular weight is 378 g/mol. The van der Waals surface area contributed by atoms with Gasteiger partial charge in [-0.25, -0.2) is 9.59 Å². The van der Waals surface area contributed by atoms with Crippen molar-refractivity contribution in [3.63, 3.8) is 0 Å². The Morgan fingerprint density at radius 1 is 1.15 bits per heavy atom. The van der Waals surface area contributed by atoms with Crippen molar-refractivity contribution in [2.24, 2.45) is 0 Å². The number of esters is 2. The predicted molar refractivity (Wildman–Crippen MR) is 85.1 cm³/mol. The van der Waals surface area contributed by atoms with Crippen molar-refractivity contribution < 1.29 is 47.9 Å². The molecule has 1 N–H and O–H groups in total. The van der Waals surface area contributed by atoms with E-state index in [-0.39, 0.29) is 33.0 Å². The fourth-order valence-corrected chi connectivity index (χ4v) is 2.21. The maximum absolute atomic E-state index is 11.9. The molecule has 1 unspecified atom stereocenters. The molecule has 1 rings (SSSR count). The summed E-state index contributed by atoms with van der Waals surface area (Å²) in [6.45, 7) is 4.71. The van der Waals surface area contributed by atoms with Gasteiger partial charge in [0.25, 0.3) is 0 Å². The first-order valence-corrected chi connectivity index (χ1v) is 8.37. The van der Waals surface area contributed by atoms with Gasteiger partial charge >= 0.3 is 11.9 Å². The monoisotopic (exact) mass is 378 g/mol. The lowest BCUT2D eigenvalue weighted by Crippen LogP contribution is -2.56. The van der Waals surface area contributed by atoms with E-state index in [1.54, 1.807) is 20.8 Å². The van der Waals surface area contributed by atoms with Crippen molar-refractivity contribution in [1.82, 2.24) is 0 Å². The Morgan fingerprint density at radius 2 is 1.73 bits per heavy atom. The predicted octanol–water partition coefficient (Wildman–Crippen LogP) is -0.796. The van der Waals surface area contributed by atoms with Crippen molar-refractivity contribution in [2.75, 3.05) is 33.0 Å². The van der Waals surface area contributed by atoms with Crippen LogP contribution >= 0.6 is 0 Å². The second kappa shape index (κ2) is 11.9. The summed E-state index contributed by atoms with van der Waals surface area (Å²) in [4.78, 5) is 35.2. The third-order valence-electron chi connectivity index (χ3n) is 3.39. The van der Waals surface area contributed by atoms with Crippen molar-refractivity contribution >= 4 is 18.2 Å². The molecule has 26 heavy (non-hydrogen) atoms. The summed E-state index contributed by atoms with van der Waals surface area (Å²) in [5.41, 5.74) is 0. The average Bonchev–Trinajstić information content (AvgIpc) is 2.63. The lowest BCUT2D eigenvalue weighted by molar-refractivity contribution is -0.274. The van der Waals surface area contributed by atoms with Gasteiger partial charge in [0, 0.05) is 13.2 Å². The van der Waals surface area contributed by atoms with Gasteiger partial charge in [0.2, 0.25) is 0 Å². The van der Waals surface area contributed by atoms with E-state index in [0.29, 0.717) is 6.29 Å². The van der Waals surface area contributed by atoms with Crippen molar-refractivity contribution in [3.05, 3.63) is 0 Å². The smallest absolute Gasteiger partial charge is 0.332 e. The molecule has 1 fully saturated rings. The van der Waals surface area contributed by atoms with E-state index in [4.69, 9.17) is 28.4 Å². The number of aliphatic hydroxyl groups excluding tert-OH is 1. The minimum absolute atomic E-state index is 0.0934. The summed E-state index contributed by atoms with van der Waals surface area (Å²) in [5, 5.41) is 10.1. The quantitative estimate of drug-likeness (QED) is 0.361. The molecule has 0 amide bonds. The van der Waals surface area contributed by atoms with Crippen LogP contribution in [-0.4, -0.2) is 87.1 Å². The van der Waals surface area contributed by atoms with Gasteiger partial charge < -0.3 is 33.5 Å². The van der Waals surface area contributed by atoms with E-state index >= 15 is 0 Å². The minimum Gasteiger partial charge on any atom is -0.453 e. The number of hydrogen-bond donors (Lipinski definition) is 1. The third-order valence-corrected chi connectivity index (χ3v) is 3.39. The highest BCUT2D eigenvalue weighted by atomic mass is 16.7. The molecule has 1 aliphatic rings. The number of carbonyl (C=O) groups is 3. The SMILES string of the molecule is CCOCC(=O)O[C@@H]([C@@H]1OC(C)OC[C@H]1O)[C@H](C=O)OC(=O)COCC. The van der Waals surface area contributed by atoms with Gasteiger partial charge in [-0.1, -0.05) is 0 Å². The molecular formula is C16H26O10. The second-order valence-corrected chi connectivity index (χ2v) is 5.39. The molecule has 5 atom stereocenters. The molecule has 0 aromatic rings. The van der Waals surface area contributed by atoms with Crippen LogP contribution in [0.1, 0.15) is 20.8 Å². The fourth-order valence-electron chi connectivity index (χ4n) is 2.21. The van der Waals surface area contributed by atoms with E-state index in [9.17, 15) is 19.5 Å². The summed E-state index contributed by atoms with van der Waals surface area (Å²) < 4.78 is 30.7. The Bertz CT molecular complexity index is 454. The Hall–Kier alpha value is -1.59. The molecule has 0 bridgehead atoms. The van der Waals surface area contributed by atoms with E-state index < -0.39 is 42.6 Å². The molecule has 0 aliphatic carbocycles. The molecular weight excluding hydrogens is 352 g/mol. The summed E-state index contributed by atoms with van der Waals surface area (Å²) in [6, 6.07) is 0. The summed E-state index contributed by atoms with van der Waals surface area (Å²) in [7, 11) is 0. The Morgan fingerprint density at radius 3 is 2.27 bits per heavy atom. The van der Waals surface area contributed by atoms with Gasteiger partial charge in [0.1, 0.15) is 25.4 Å². The molecule has 1 heterocycles. The van der Waals surface area contributed by atoms with E-state index in [1.165, 1.54) is 0 Å². The minimum atomic E-state index is -1.49. The highest BCUT2D eigenvalue weighted by Crippen LogP contribution is 2.21. The van der Waals surface area contributed by atoms with Gasteiger partial charge in [0.05, 0.1) is 6.61 Å². The van der Waals surface area contributed by atoms with Crippen LogP contribution in [0, 0.1) is 0 Å². The number of carbonyl (C=O) groups excluding carboxylic acids is 3. The van der Waals surface area contributed by atoms with Gasteiger partial charge in [-0.05, 0) is 20.8 Å². The van der Waals surface area contributed by atoms with Gasteiger partial charge in [0.15, 0.2) is 24.8 Å². The van der Waals surface area contributed by atoms with Crippen molar-refractivity contribution in [2.45, 2.75) is 51.5 Å². The van der Waals surface area contributed by atoms with Crippen LogP contribution in [0.25, 0.3) is 0 Å². The Labute approximate surface area is 151 Å². The van der Waals surface area contributed by atoms with Gasteiger partial charge in [-0.2, -0.15) is 0 Å². The number of ether oxygens (including phenoxy) is 6. The van der Waals surface area contributed by atoms with Crippen LogP contribution in [0.2, 0.25) is 0 Å². The lowest BCUT2D eigenvalue weighted by Gasteiger charge is -2.38. The first-order valence-electron chi connectivity index (χ1n) is 8.37. The summed E-state index contributed by atoms with van der Waals surface area (Å²) in [6.07, 6.45) is -5.57. The van der Waals surface area contributed by atoms with Crippen LogP contribution in [0.3, 0.4) is 0 Å². The summed E-state index contributed by atoms with van der Waals surface area (Å²) >= 11 is 0. The molecule has 10 heteroatoms. The molecule has 1 aliphatic heterocycles. The van der Waals surface area contributed by atoms with Crippen molar-refractivity contribution in [3.8, 4) is 0 Å². The largest absolute Gasteiger partial charge is 0.453 e. The number of hydrogen-bond acceptors (Lipinski definition) is 10. The topological polar surface area (TPSA) is 127 Å². The first kappa shape index (κ1) is 22.5. The molecule has 0 aromatic heterocycles. The zero-order chi connectivity index (χ0) is 19.5. The highest BCUT2D eigenvalue weighted by Gasteiger charge is 2.43. The standard InChI is InChI=1S/C16H26O10/c1-4-21-8-13(19)25-12(6-17)16(26-14(20)9-22-5-2)15-11(18)7-23-10(3)24-15/h6,10-12,15-16,18H,4-5,7-9H2,1-3H3/t10?,11-,12+,15-,16-/m1/s1. The number of aldehydes is 1. The second-order valence-electron chi connectivity index (χ2n) is 5.39. The van der Waals surface area contributed by atoms with Crippen LogP contribution < -0.4 is 0 Å². The van der Waals surface area contributed by atoms with E-state index in [2.05, 4.69) is 0 Å². The lowest BCUT2D eigenvalue weighted by atomic mass is 10.0. The first-order chi connectivity index (χ1) is 12.4. The number of rotatable bonds is 11. The zero-order valence-corrected chi connectivity index (χ0v) is 15.1. The zero-order valence-electron chi connectivity index (χ0n) is 15.1. The molecule has 1 saturated heterocycles. The van der Waals surface area contributed by atoms with Crippen LogP contribution in [0.5, 0.6) is 0 Å². The molecule has 0 aromatic carbocycles. The van der Waals surface area contributed by atoms with E-state index in [0.717, 1.165) is 0 Å². The van der Waals surface area contributed by atoms with Crippen molar-refractivity contribution in [1.29, 1.82) is 0 Å². The van der Waals surface area contributed by atoms with Crippen LogP contribution in [-0.2, 0) is 42.8 Å². The van der Waals surface area contributed by atoms with Crippen LogP contribution in [0.4, 0.5) is 0 Å². The van der Waals surface area contributed by atoms with Gasteiger partial charge in [-0.3, -0.25) is 4.79 Å². The maximum Gasteiger partial charge on any atom is 0.332 e. The van der Waals surface area contributed by atoms with Crippen LogP contribution in [0.15, 0.2) is 0 Å². The normalized spacial score (nSPS) is 25.2. The van der Waals surface area contributed by atoms with E-state index in [1.807, 2.05) is 0 Å². The summed E-state index contributed by atoms with van der Waals surface area (Å²) in [5.74, 6) is -1.61. The molecule has 0 spiro atoms. The molecule has 0 radical (unpaired) electrons. The highest BCUT2D eigenvalue weighted by molar-refractivity contribution is 5.75. The molecule has 150 valence electrons. The molecule has 10 nitrogen and oxygen atoms in total. The Balaban J connectivity index is 2.90. The number of aliphatic hydroxyl groups is 1. The van der Waals surface area contributed by atoms with Gasteiger partial charge in [-0.15, -0.1) is 0 Å².